The Morgan fingerprint density at radius 3 is 1.14 bits per heavy atom. The van der Waals surface area contributed by atoms with Gasteiger partial charge in [0, 0.05) is 19.8 Å². The number of aliphatic hydroxyl groups is 11. The van der Waals surface area contributed by atoms with E-state index in [0.29, 0.717) is 19.3 Å². The highest BCUT2D eigenvalue weighted by molar-refractivity contribution is 5.77. The average molecular weight is 1580 g/mol. The van der Waals surface area contributed by atoms with Gasteiger partial charge >= 0.3 is 5.97 Å². The van der Waals surface area contributed by atoms with Crippen molar-refractivity contribution in [3.8, 4) is 0 Å². The summed E-state index contributed by atoms with van der Waals surface area (Å²) in [5.74, 6) is -6.09. The van der Waals surface area contributed by atoms with Gasteiger partial charge in [-0.05, 0) is 12.8 Å². The van der Waals surface area contributed by atoms with Crippen LogP contribution in [0, 0.1) is 0 Å². The van der Waals surface area contributed by atoms with Crippen molar-refractivity contribution >= 4 is 17.8 Å². The Kier molecular flexibility index (Phi) is 60.9. The molecule has 3 fully saturated rings. The number of rotatable bonds is 74. The SMILES string of the molecule is CCCCCCCCCCCCCCCCCCCCCCCCCCCCCCCCCCCCCCCCCC(=O)NC(COC1OC(CO)C(OC2OC(CO)C(O)C(OC3(C(=O)O)CC(O)C(NC(C)=O)C(C(O)C(O)CO)O3)C2O)C(O)C1O)C(O)CCCCCCCCCCCCCCCCCCC. The van der Waals surface area contributed by atoms with E-state index in [1.165, 1.54) is 302 Å². The van der Waals surface area contributed by atoms with Gasteiger partial charge in [0.25, 0.3) is 5.79 Å². The minimum atomic E-state index is -3.08. The highest BCUT2D eigenvalue weighted by Crippen LogP contribution is 2.39. The minimum absolute atomic E-state index is 0.230. The number of aliphatic hydroxyl groups excluding tert-OH is 11. The zero-order chi connectivity index (χ0) is 80.3. The van der Waals surface area contributed by atoms with Crippen molar-refractivity contribution in [3.63, 3.8) is 0 Å². The molecule has 0 saturated carbocycles. The van der Waals surface area contributed by atoms with Crippen LogP contribution in [0.3, 0.4) is 0 Å². The van der Waals surface area contributed by atoms with Crippen LogP contribution in [0.5, 0.6) is 0 Å². The van der Waals surface area contributed by atoms with Crippen LogP contribution in [0.1, 0.15) is 400 Å². The summed E-state index contributed by atoms with van der Waals surface area (Å²) in [7, 11) is 0. The number of carboxylic acid groups (broad SMARTS) is 1. The largest absolute Gasteiger partial charge is 0.477 e. The smallest absolute Gasteiger partial charge is 0.364 e. The lowest BCUT2D eigenvalue weighted by atomic mass is 9.88. The zero-order valence-corrected chi connectivity index (χ0v) is 69.4. The molecule has 110 heavy (non-hydrogen) atoms. The molecule has 0 aliphatic carbocycles. The van der Waals surface area contributed by atoms with Crippen LogP contribution < -0.4 is 10.6 Å². The summed E-state index contributed by atoms with van der Waals surface area (Å²) in [5.41, 5.74) is 0. The van der Waals surface area contributed by atoms with Crippen molar-refractivity contribution in [1.29, 1.82) is 0 Å². The first kappa shape index (κ1) is 102. The number of hydrogen-bond acceptors (Lipinski definition) is 20. The molecule has 0 aromatic carbocycles. The molecule has 0 aromatic rings. The number of carbonyl (C=O) groups is 3. The molecule has 3 heterocycles. The first-order valence-electron chi connectivity index (χ1n) is 45.4. The van der Waals surface area contributed by atoms with Gasteiger partial charge < -0.3 is 100 Å². The van der Waals surface area contributed by atoms with Gasteiger partial charge in [-0.25, -0.2) is 4.79 Å². The van der Waals surface area contributed by atoms with Crippen molar-refractivity contribution < 1.29 is 104 Å². The lowest BCUT2D eigenvalue weighted by Gasteiger charge is -2.50. The van der Waals surface area contributed by atoms with E-state index in [2.05, 4.69) is 24.5 Å². The standard InChI is InChI=1S/C87H166N2O21/c1-4-6-8-10-12-14-16-18-20-22-23-24-25-26-27-28-29-30-31-32-33-34-35-36-37-38-39-40-41-42-43-45-47-49-51-53-55-57-59-61-74(97)89-68(69(94)60-58-56-54-52-50-48-46-44-21-19-17-15-13-11-9-7-5-2)66-105-84-79(101)78(100)81(73(65-92)107-84)108-85-80(102)83(77(99)72(64-91)106-85)110-87(86(103)104)62-70(95)75(88-67(3)93)82(109-87)76(98)71(96)63-90/h68-73,75-85,90-92,94-96,98-102H,4-66H2,1-3H3,(H,88,93)(H,89,97)(H,103,104). The number of carboxylic acids is 1. The third-order valence-electron chi connectivity index (χ3n) is 23.3. The Morgan fingerprint density at radius 1 is 0.436 bits per heavy atom. The highest BCUT2D eigenvalue weighted by Gasteiger charge is 2.60. The number of unbranched alkanes of at least 4 members (excludes halogenated alkanes) is 54. The Labute approximate surface area is 665 Å². The highest BCUT2D eigenvalue weighted by atomic mass is 16.8. The molecular formula is C87H166N2O21. The number of aliphatic carboxylic acids is 1. The second-order valence-electron chi connectivity index (χ2n) is 33.2. The van der Waals surface area contributed by atoms with E-state index in [1.807, 2.05) is 0 Å². The second kappa shape index (κ2) is 65.7. The number of hydrogen-bond donors (Lipinski definition) is 14. The quantitative estimate of drug-likeness (QED) is 0.0252. The molecule has 3 saturated heterocycles. The topological polar surface area (TPSA) is 373 Å². The monoisotopic (exact) mass is 1580 g/mol. The minimum Gasteiger partial charge on any atom is -0.477 e. The fourth-order valence-corrected chi connectivity index (χ4v) is 16.2. The molecule has 23 nitrogen and oxygen atoms in total. The van der Waals surface area contributed by atoms with Crippen LogP contribution in [0.25, 0.3) is 0 Å². The van der Waals surface area contributed by atoms with Gasteiger partial charge in [0.05, 0.1) is 50.7 Å². The summed E-state index contributed by atoms with van der Waals surface area (Å²) in [4.78, 5) is 38.8. The van der Waals surface area contributed by atoms with Gasteiger partial charge in [0.1, 0.15) is 67.1 Å². The third kappa shape index (κ3) is 44.3. The van der Waals surface area contributed by atoms with Crippen LogP contribution >= 0.6 is 0 Å². The predicted molar refractivity (Wildman–Crippen MR) is 431 cm³/mol. The van der Waals surface area contributed by atoms with Crippen LogP contribution in [0.15, 0.2) is 0 Å². The summed E-state index contributed by atoms with van der Waals surface area (Å²) in [6.07, 6.45) is 44.3. The molecule has 3 aliphatic heterocycles. The molecule has 650 valence electrons. The first-order valence-corrected chi connectivity index (χ1v) is 45.4. The molecule has 0 bridgehead atoms. The van der Waals surface area contributed by atoms with E-state index in [9.17, 15) is 75.7 Å². The third-order valence-corrected chi connectivity index (χ3v) is 23.3. The van der Waals surface area contributed by atoms with Gasteiger partial charge in [0.15, 0.2) is 12.6 Å². The van der Waals surface area contributed by atoms with Gasteiger partial charge in [-0.15, -0.1) is 0 Å². The van der Waals surface area contributed by atoms with Crippen LogP contribution in [0.4, 0.5) is 0 Å². The van der Waals surface area contributed by atoms with E-state index < -0.39 is 148 Å². The summed E-state index contributed by atoms with van der Waals surface area (Å²) >= 11 is 0. The molecule has 0 spiro atoms. The van der Waals surface area contributed by atoms with Crippen molar-refractivity contribution in [3.05, 3.63) is 0 Å². The predicted octanol–water partition coefficient (Wildman–Crippen LogP) is 14.3. The maximum Gasteiger partial charge on any atom is 0.364 e. The fraction of sp³-hybridized carbons (Fsp3) is 0.966. The van der Waals surface area contributed by atoms with E-state index in [-0.39, 0.29) is 18.9 Å². The molecule has 0 aromatic heterocycles. The normalized spacial score (nSPS) is 25.5. The molecule has 2 amide bonds. The Bertz CT molecular complexity index is 2180. The van der Waals surface area contributed by atoms with Crippen molar-refractivity contribution in [1.82, 2.24) is 10.6 Å². The number of amides is 2. The molecule has 14 N–H and O–H groups in total. The summed E-state index contributed by atoms with van der Waals surface area (Å²) in [6, 6.07) is -2.53. The van der Waals surface area contributed by atoms with Crippen molar-refractivity contribution in [2.24, 2.45) is 0 Å². The molecule has 3 aliphatic rings. The molecule has 18 atom stereocenters. The van der Waals surface area contributed by atoms with Crippen LogP contribution in [-0.2, 0) is 42.8 Å². The van der Waals surface area contributed by atoms with Crippen LogP contribution in [-0.4, -0.2) is 215 Å². The van der Waals surface area contributed by atoms with Gasteiger partial charge in [-0.3, -0.25) is 9.59 Å². The molecule has 3 rings (SSSR count). The van der Waals surface area contributed by atoms with E-state index in [1.54, 1.807) is 0 Å². The van der Waals surface area contributed by atoms with Gasteiger partial charge in [-0.2, -0.15) is 0 Å². The summed E-state index contributed by atoms with van der Waals surface area (Å²) in [6.45, 7) is 2.28. The Balaban J connectivity index is 1.38. The number of carbonyl (C=O) groups excluding carboxylic acids is 2. The van der Waals surface area contributed by atoms with Crippen molar-refractivity contribution in [2.75, 3.05) is 26.4 Å². The molecule has 23 heteroatoms. The lowest BCUT2D eigenvalue weighted by molar-refractivity contribution is -0.386. The summed E-state index contributed by atoms with van der Waals surface area (Å²) in [5, 5.41) is 137. The maximum absolute atomic E-state index is 13.6. The Morgan fingerprint density at radius 2 is 0.791 bits per heavy atom. The van der Waals surface area contributed by atoms with E-state index >= 15 is 0 Å². The second-order valence-corrected chi connectivity index (χ2v) is 33.2. The van der Waals surface area contributed by atoms with Gasteiger partial charge in [-0.1, -0.05) is 367 Å². The van der Waals surface area contributed by atoms with Crippen molar-refractivity contribution in [2.45, 2.75) is 509 Å². The Hall–Kier alpha value is -2.27. The first-order chi connectivity index (χ1) is 53.4. The fourth-order valence-electron chi connectivity index (χ4n) is 16.2. The average Bonchev–Trinajstić information content (AvgIpc) is 0.755. The lowest BCUT2D eigenvalue weighted by Crippen LogP contribution is -2.70. The zero-order valence-electron chi connectivity index (χ0n) is 69.4. The van der Waals surface area contributed by atoms with Gasteiger partial charge in [0.2, 0.25) is 11.8 Å². The maximum atomic E-state index is 13.6. The number of ether oxygens (including phenoxy) is 6. The molecule has 18 unspecified atom stereocenters. The van der Waals surface area contributed by atoms with E-state index in [4.69, 9.17) is 28.4 Å². The number of nitrogens with one attached hydrogen (secondary N) is 2. The van der Waals surface area contributed by atoms with Crippen LogP contribution in [0.2, 0.25) is 0 Å². The molecule has 0 radical (unpaired) electrons. The van der Waals surface area contributed by atoms with E-state index in [0.717, 1.165) is 51.9 Å². The summed E-state index contributed by atoms with van der Waals surface area (Å²) < 4.78 is 35.0. The molecular weight excluding hydrogens is 1410 g/mol.